The number of benzene rings is 1. The lowest BCUT2D eigenvalue weighted by molar-refractivity contribution is -0.124. The van der Waals surface area contributed by atoms with Gasteiger partial charge in [-0.15, -0.1) is 0 Å². The maximum absolute atomic E-state index is 12.0. The second-order valence-electron chi connectivity index (χ2n) is 5.17. The summed E-state index contributed by atoms with van der Waals surface area (Å²) in [5.41, 5.74) is 1.29. The van der Waals surface area contributed by atoms with Crippen LogP contribution in [0.4, 0.5) is 17.2 Å². The number of hydrogen-bond acceptors (Lipinski definition) is 4. The molecule has 2 aromatic rings. The Morgan fingerprint density at radius 2 is 2.13 bits per heavy atom. The van der Waals surface area contributed by atoms with Gasteiger partial charge in [0.2, 0.25) is 0 Å². The van der Waals surface area contributed by atoms with Crippen molar-refractivity contribution < 1.29 is 9.53 Å². The van der Waals surface area contributed by atoms with E-state index in [2.05, 4.69) is 15.6 Å². The molecule has 1 aromatic carbocycles. The molecule has 1 aromatic heterocycles. The highest BCUT2D eigenvalue weighted by Crippen LogP contribution is 2.28. The largest absolute Gasteiger partial charge is 0.368 e. The Balaban J connectivity index is 1.64. The van der Waals surface area contributed by atoms with Crippen LogP contribution in [0, 0.1) is 0 Å². The lowest BCUT2D eigenvalue weighted by atomic mass is 10.2. The molecule has 1 fully saturated rings. The predicted octanol–water partition coefficient (Wildman–Crippen LogP) is 4.25. The normalized spacial score (nSPS) is 17.0. The monoisotopic (exact) mass is 351 g/mol. The molecule has 0 saturated carbocycles. The molecule has 1 atom stereocenters. The lowest BCUT2D eigenvalue weighted by Gasteiger charge is -2.11. The highest BCUT2D eigenvalue weighted by atomic mass is 35.5. The van der Waals surface area contributed by atoms with Crippen LogP contribution in [0.2, 0.25) is 10.0 Å². The summed E-state index contributed by atoms with van der Waals surface area (Å²) < 4.78 is 5.34. The molecule has 0 aliphatic carbocycles. The van der Waals surface area contributed by atoms with E-state index in [-0.39, 0.29) is 12.0 Å². The Labute approximate surface area is 144 Å². The van der Waals surface area contributed by atoms with Crippen molar-refractivity contribution in [3.8, 4) is 0 Å². The molecule has 2 heterocycles. The number of anilines is 3. The molecule has 1 amide bonds. The van der Waals surface area contributed by atoms with Gasteiger partial charge in [0.05, 0.1) is 22.6 Å². The van der Waals surface area contributed by atoms with Crippen LogP contribution < -0.4 is 10.6 Å². The summed E-state index contributed by atoms with van der Waals surface area (Å²) in [5.74, 6) is 0.465. The van der Waals surface area contributed by atoms with Crippen molar-refractivity contribution in [2.75, 3.05) is 17.2 Å². The van der Waals surface area contributed by atoms with Gasteiger partial charge in [-0.2, -0.15) is 0 Å². The highest BCUT2D eigenvalue weighted by molar-refractivity contribution is 6.35. The molecule has 1 unspecified atom stereocenters. The Bertz CT molecular complexity index is 701. The van der Waals surface area contributed by atoms with E-state index in [0.717, 1.165) is 12.8 Å². The van der Waals surface area contributed by atoms with Gasteiger partial charge in [-0.05, 0) is 43.2 Å². The molecule has 3 rings (SSSR count). The van der Waals surface area contributed by atoms with Crippen molar-refractivity contribution in [3.05, 3.63) is 46.6 Å². The smallest absolute Gasteiger partial charge is 0.253 e. The van der Waals surface area contributed by atoms with Gasteiger partial charge in [0.25, 0.3) is 5.91 Å². The van der Waals surface area contributed by atoms with Crippen LogP contribution in [-0.4, -0.2) is 23.6 Å². The number of nitrogens with one attached hydrogen (secondary N) is 2. The first-order valence-electron chi connectivity index (χ1n) is 7.22. The minimum absolute atomic E-state index is 0.136. The minimum atomic E-state index is -0.363. The van der Waals surface area contributed by atoms with Crippen LogP contribution in [0.5, 0.6) is 0 Å². The molecule has 0 bridgehead atoms. The number of hydrogen-bond donors (Lipinski definition) is 2. The van der Waals surface area contributed by atoms with Gasteiger partial charge in [-0.25, -0.2) is 4.98 Å². The Morgan fingerprint density at radius 1 is 1.26 bits per heavy atom. The highest BCUT2D eigenvalue weighted by Gasteiger charge is 2.23. The average molecular weight is 352 g/mol. The van der Waals surface area contributed by atoms with Crippen LogP contribution in [0.1, 0.15) is 12.8 Å². The molecule has 7 heteroatoms. The number of aromatic nitrogens is 1. The number of halogens is 2. The van der Waals surface area contributed by atoms with Gasteiger partial charge in [0, 0.05) is 11.6 Å². The number of ether oxygens (including phenoxy) is 1. The molecule has 2 N–H and O–H groups in total. The van der Waals surface area contributed by atoms with Crippen molar-refractivity contribution in [2.24, 2.45) is 0 Å². The van der Waals surface area contributed by atoms with Gasteiger partial charge >= 0.3 is 0 Å². The van der Waals surface area contributed by atoms with Crippen molar-refractivity contribution >= 4 is 46.3 Å². The van der Waals surface area contributed by atoms with Gasteiger partial charge in [-0.3, -0.25) is 4.79 Å². The summed E-state index contributed by atoms with van der Waals surface area (Å²) in [5, 5.41) is 7.01. The maximum Gasteiger partial charge on any atom is 0.253 e. The van der Waals surface area contributed by atoms with Crippen molar-refractivity contribution in [3.63, 3.8) is 0 Å². The zero-order valence-corrected chi connectivity index (χ0v) is 13.7. The molecule has 0 radical (unpaired) electrons. The van der Waals surface area contributed by atoms with E-state index in [1.165, 1.54) is 0 Å². The summed E-state index contributed by atoms with van der Waals surface area (Å²) in [4.78, 5) is 16.2. The second kappa shape index (κ2) is 7.17. The fourth-order valence-electron chi connectivity index (χ4n) is 2.28. The topological polar surface area (TPSA) is 63.2 Å². The van der Waals surface area contributed by atoms with Gasteiger partial charge < -0.3 is 15.4 Å². The number of carbonyl (C=O) groups excluding carboxylic acids is 1. The van der Waals surface area contributed by atoms with Crippen molar-refractivity contribution in [1.29, 1.82) is 0 Å². The Kier molecular flexibility index (Phi) is 5.00. The summed E-state index contributed by atoms with van der Waals surface area (Å²) in [6.07, 6.45) is 2.89. The molecule has 1 saturated heterocycles. The molecule has 0 spiro atoms. The molecular weight excluding hydrogens is 337 g/mol. The van der Waals surface area contributed by atoms with Crippen LogP contribution in [0.3, 0.4) is 0 Å². The number of nitrogens with zero attached hydrogens (tertiary/aromatic N) is 1. The first-order valence-corrected chi connectivity index (χ1v) is 7.98. The summed E-state index contributed by atoms with van der Waals surface area (Å²) in [7, 11) is 0. The third-order valence-electron chi connectivity index (χ3n) is 3.44. The van der Waals surface area contributed by atoms with Gasteiger partial charge in [-0.1, -0.05) is 23.2 Å². The lowest BCUT2D eigenvalue weighted by Crippen LogP contribution is -2.26. The standard InChI is InChI=1S/C16H15Cl2N3O2/c17-10-3-5-12(18)13(8-10)21-15-6-4-11(9-19-15)20-16(22)14-2-1-7-23-14/h3-6,8-9,14H,1-2,7H2,(H,19,21)(H,20,22). The summed E-state index contributed by atoms with van der Waals surface area (Å²) >= 11 is 12.0. The Morgan fingerprint density at radius 3 is 2.83 bits per heavy atom. The van der Waals surface area contributed by atoms with E-state index in [4.69, 9.17) is 27.9 Å². The molecule has 1 aliphatic heterocycles. The second-order valence-corrected chi connectivity index (χ2v) is 6.02. The number of amides is 1. The minimum Gasteiger partial charge on any atom is -0.368 e. The van der Waals surface area contributed by atoms with Crippen LogP contribution >= 0.6 is 23.2 Å². The molecule has 120 valence electrons. The van der Waals surface area contributed by atoms with Crippen LogP contribution in [-0.2, 0) is 9.53 Å². The van der Waals surface area contributed by atoms with E-state index in [0.29, 0.717) is 33.8 Å². The molecule has 23 heavy (non-hydrogen) atoms. The molecule has 1 aliphatic rings. The van der Waals surface area contributed by atoms with E-state index < -0.39 is 0 Å². The van der Waals surface area contributed by atoms with Crippen LogP contribution in [0.15, 0.2) is 36.5 Å². The van der Waals surface area contributed by atoms with Gasteiger partial charge in [0.15, 0.2) is 0 Å². The molecular formula is C16H15Cl2N3O2. The third-order valence-corrected chi connectivity index (χ3v) is 4.01. The predicted molar refractivity (Wildman–Crippen MR) is 91.6 cm³/mol. The van der Waals surface area contributed by atoms with Gasteiger partial charge in [0.1, 0.15) is 11.9 Å². The van der Waals surface area contributed by atoms with Crippen molar-refractivity contribution in [1.82, 2.24) is 4.98 Å². The van der Waals surface area contributed by atoms with E-state index >= 15 is 0 Å². The van der Waals surface area contributed by atoms with E-state index in [9.17, 15) is 4.79 Å². The quantitative estimate of drug-likeness (QED) is 0.864. The Hall–Kier alpha value is -1.82. The maximum atomic E-state index is 12.0. The zero-order valence-electron chi connectivity index (χ0n) is 12.2. The zero-order chi connectivity index (χ0) is 16.2. The fraction of sp³-hybridized carbons (Fsp3) is 0.250. The fourth-order valence-corrected chi connectivity index (χ4v) is 2.62. The van der Waals surface area contributed by atoms with Crippen molar-refractivity contribution in [2.45, 2.75) is 18.9 Å². The van der Waals surface area contributed by atoms with Crippen LogP contribution in [0.25, 0.3) is 0 Å². The average Bonchev–Trinajstić information content (AvgIpc) is 3.07. The summed E-state index contributed by atoms with van der Waals surface area (Å²) in [6, 6.07) is 8.66. The molecule has 5 nitrogen and oxygen atoms in total. The SMILES string of the molecule is O=C(Nc1ccc(Nc2cc(Cl)ccc2Cl)nc1)C1CCCO1. The third kappa shape index (κ3) is 4.13. The number of rotatable bonds is 4. The summed E-state index contributed by atoms with van der Waals surface area (Å²) in [6.45, 7) is 0.638. The first-order chi connectivity index (χ1) is 11.1. The van der Waals surface area contributed by atoms with E-state index in [1.807, 2.05) is 0 Å². The first kappa shape index (κ1) is 16.1. The number of carbonyl (C=O) groups is 1. The number of pyridine rings is 1. The van der Waals surface area contributed by atoms with E-state index in [1.54, 1.807) is 36.5 Å².